The van der Waals surface area contributed by atoms with Crippen molar-refractivity contribution in [2.24, 2.45) is 0 Å². The fourth-order valence-electron chi connectivity index (χ4n) is 3.35. The monoisotopic (exact) mass is 419 g/mol. The highest BCUT2D eigenvalue weighted by Crippen LogP contribution is 2.23. The van der Waals surface area contributed by atoms with E-state index in [1.165, 1.54) is 21.4 Å². The lowest BCUT2D eigenvalue weighted by molar-refractivity contribution is 0.186. The fourth-order valence-corrected chi connectivity index (χ4v) is 4.63. The van der Waals surface area contributed by atoms with E-state index in [0.29, 0.717) is 50.2 Å². The minimum atomic E-state index is -3.59. The molecule has 0 radical (unpaired) electrons. The highest BCUT2D eigenvalue weighted by molar-refractivity contribution is 7.89. The number of anilines is 1. The molecule has 0 aliphatic carbocycles. The van der Waals surface area contributed by atoms with Crippen LogP contribution in [0.25, 0.3) is 10.9 Å². The standard InChI is InChI=1S/C18H21N5O5S/c1-27-9-8-22-13-19-17-10-14(2-3-16(17)18(22)24)21-4-6-23(7-5-21)29(25,26)15-11-20-28-12-15/h2-3,10-13H,4-9H2,1H3. The molecule has 1 aliphatic rings. The van der Waals surface area contributed by atoms with Crippen LogP contribution in [0.1, 0.15) is 0 Å². The summed E-state index contributed by atoms with van der Waals surface area (Å²) in [6.07, 6.45) is 3.86. The van der Waals surface area contributed by atoms with Gasteiger partial charge in [0.2, 0.25) is 10.0 Å². The van der Waals surface area contributed by atoms with E-state index in [2.05, 4.69) is 19.6 Å². The highest BCUT2D eigenvalue weighted by Gasteiger charge is 2.29. The molecule has 0 saturated carbocycles. The summed E-state index contributed by atoms with van der Waals surface area (Å²) in [5.41, 5.74) is 1.41. The first kappa shape index (κ1) is 19.6. The summed E-state index contributed by atoms with van der Waals surface area (Å²) in [7, 11) is -2.01. The molecule has 0 atom stereocenters. The molecule has 3 heterocycles. The van der Waals surface area contributed by atoms with Crippen LogP contribution < -0.4 is 10.5 Å². The van der Waals surface area contributed by atoms with Crippen LogP contribution in [0.15, 0.2) is 51.2 Å². The van der Waals surface area contributed by atoms with Crippen molar-refractivity contribution in [1.29, 1.82) is 0 Å². The van der Waals surface area contributed by atoms with Crippen LogP contribution in [0.4, 0.5) is 5.69 Å². The number of benzene rings is 1. The number of ether oxygens (including phenoxy) is 1. The largest absolute Gasteiger partial charge is 0.383 e. The Hall–Kier alpha value is -2.76. The average molecular weight is 419 g/mol. The number of hydrogen-bond acceptors (Lipinski definition) is 8. The molecule has 4 rings (SSSR count). The molecule has 1 saturated heterocycles. The van der Waals surface area contributed by atoms with Crippen molar-refractivity contribution in [3.8, 4) is 0 Å². The zero-order valence-electron chi connectivity index (χ0n) is 15.9. The van der Waals surface area contributed by atoms with E-state index in [1.807, 2.05) is 12.1 Å². The zero-order chi connectivity index (χ0) is 20.4. The van der Waals surface area contributed by atoms with Gasteiger partial charge in [0.15, 0.2) is 0 Å². The van der Waals surface area contributed by atoms with Crippen LogP contribution in [-0.4, -0.2) is 67.3 Å². The van der Waals surface area contributed by atoms with Gasteiger partial charge in [-0.15, -0.1) is 0 Å². The summed E-state index contributed by atoms with van der Waals surface area (Å²) in [6.45, 7) is 2.63. The number of fused-ring (bicyclic) bond motifs is 1. The third-order valence-corrected chi connectivity index (χ3v) is 6.84. The maximum absolute atomic E-state index is 12.6. The van der Waals surface area contributed by atoms with E-state index in [1.54, 1.807) is 13.2 Å². The lowest BCUT2D eigenvalue weighted by Gasteiger charge is -2.35. The summed E-state index contributed by atoms with van der Waals surface area (Å²) in [4.78, 5) is 19.1. The molecule has 10 nitrogen and oxygen atoms in total. The van der Waals surface area contributed by atoms with Gasteiger partial charge in [-0.3, -0.25) is 9.36 Å². The fraction of sp³-hybridized carbons (Fsp3) is 0.389. The molecule has 1 aromatic carbocycles. The maximum atomic E-state index is 12.6. The van der Waals surface area contributed by atoms with Gasteiger partial charge in [-0.25, -0.2) is 13.4 Å². The van der Waals surface area contributed by atoms with Gasteiger partial charge < -0.3 is 14.2 Å². The Morgan fingerprint density at radius 1 is 1.21 bits per heavy atom. The van der Waals surface area contributed by atoms with Crippen LogP contribution in [0, 0.1) is 0 Å². The van der Waals surface area contributed by atoms with Crippen molar-refractivity contribution >= 4 is 26.6 Å². The lowest BCUT2D eigenvalue weighted by Crippen LogP contribution is -2.48. The number of rotatable bonds is 6. The van der Waals surface area contributed by atoms with Gasteiger partial charge in [0.05, 0.1) is 36.6 Å². The van der Waals surface area contributed by atoms with E-state index in [0.717, 1.165) is 12.0 Å². The van der Waals surface area contributed by atoms with Crippen LogP contribution in [0.5, 0.6) is 0 Å². The molecular formula is C18H21N5O5S. The van der Waals surface area contributed by atoms with Crippen LogP contribution in [0.3, 0.4) is 0 Å². The highest BCUT2D eigenvalue weighted by atomic mass is 32.2. The van der Waals surface area contributed by atoms with Crippen molar-refractivity contribution in [3.63, 3.8) is 0 Å². The average Bonchev–Trinajstić information content (AvgIpc) is 3.29. The number of nitrogens with zero attached hydrogens (tertiary/aromatic N) is 5. The second-order valence-corrected chi connectivity index (χ2v) is 8.63. The number of piperazine rings is 1. The first-order valence-corrected chi connectivity index (χ1v) is 10.6. The number of methoxy groups -OCH3 is 1. The Bertz CT molecular complexity index is 1150. The van der Waals surface area contributed by atoms with Crippen LogP contribution in [0.2, 0.25) is 0 Å². The summed E-state index contributed by atoms with van der Waals surface area (Å²) in [5, 5.41) is 4.01. The molecule has 0 bridgehead atoms. The molecule has 154 valence electrons. The molecule has 0 amide bonds. The van der Waals surface area contributed by atoms with Gasteiger partial charge in [-0.2, -0.15) is 4.31 Å². The maximum Gasteiger partial charge on any atom is 0.261 e. The number of sulfonamides is 1. The number of hydrogen-bond donors (Lipinski definition) is 0. The Morgan fingerprint density at radius 2 is 2.00 bits per heavy atom. The van der Waals surface area contributed by atoms with Gasteiger partial charge in [0.25, 0.3) is 5.56 Å². The SMILES string of the molecule is COCCn1cnc2cc(N3CCN(S(=O)(=O)c4cnoc4)CC3)ccc2c1=O. The van der Waals surface area contributed by atoms with Gasteiger partial charge in [-0.1, -0.05) is 5.16 Å². The molecule has 29 heavy (non-hydrogen) atoms. The molecule has 0 N–H and O–H groups in total. The van der Waals surface area contributed by atoms with E-state index in [9.17, 15) is 13.2 Å². The van der Waals surface area contributed by atoms with Crippen molar-refractivity contribution in [3.05, 3.63) is 47.3 Å². The van der Waals surface area contributed by atoms with E-state index in [-0.39, 0.29) is 10.5 Å². The lowest BCUT2D eigenvalue weighted by atomic mass is 10.2. The zero-order valence-corrected chi connectivity index (χ0v) is 16.7. The second kappa shape index (κ2) is 7.93. The molecule has 3 aromatic rings. The summed E-state index contributed by atoms with van der Waals surface area (Å²) >= 11 is 0. The van der Waals surface area contributed by atoms with Crippen molar-refractivity contribution < 1.29 is 17.7 Å². The summed E-state index contributed by atoms with van der Waals surface area (Å²) in [6, 6.07) is 5.50. The Morgan fingerprint density at radius 3 is 2.69 bits per heavy atom. The van der Waals surface area contributed by atoms with Crippen molar-refractivity contribution in [2.45, 2.75) is 11.4 Å². The predicted octanol–water partition coefficient (Wildman–Crippen LogP) is 0.542. The van der Waals surface area contributed by atoms with Gasteiger partial charge in [0, 0.05) is 39.0 Å². The number of aromatic nitrogens is 3. The molecule has 1 aliphatic heterocycles. The third-order valence-electron chi connectivity index (χ3n) is 5.00. The molecule has 0 unspecified atom stereocenters. The second-order valence-electron chi connectivity index (χ2n) is 6.69. The normalized spacial score (nSPS) is 15.8. The minimum Gasteiger partial charge on any atom is -0.383 e. The summed E-state index contributed by atoms with van der Waals surface area (Å²) < 4.78 is 37.7. The van der Waals surface area contributed by atoms with Crippen LogP contribution in [-0.2, 0) is 21.3 Å². The molecule has 1 fully saturated rings. The first-order chi connectivity index (χ1) is 14.0. The topological polar surface area (TPSA) is 111 Å². The van der Waals surface area contributed by atoms with Crippen molar-refractivity contribution in [2.75, 3.05) is 44.8 Å². The van der Waals surface area contributed by atoms with Gasteiger partial charge >= 0.3 is 0 Å². The first-order valence-electron chi connectivity index (χ1n) is 9.13. The van der Waals surface area contributed by atoms with Crippen LogP contribution >= 0.6 is 0 Å². The van der Waals surface area contributed by atoms with Gasteiger partial charge in [0.1, 0.15) is 11.2 Å². The molecular weight excluding hydrogens is 398 g/mol. The Labute approximate surface area is 167 Å². The third kappa shape index (κ3) is 3.76. The molecule has 2 aromatic heterocycles. The minimum absolute atomic E-state index is 0.0607. The Kier molecular flexibility index (Phi) is 5.35. The molecule has 0 spiro atoms. The Balaban J connectivity index is 1.51. The van der Waals surface area contributed by atoms with Crippen molar-refractivity contribution in [1.82, 2.24) is 19.0 Å². The van der Waals surface area contributed by atoms with Gasteiger partial charge in [-0.05, 0) is 18.2 Å². The smallest absolute Gasteiger partial charge is 0.261 e. The van der Waals surface area contributed by atoms with E-state index in [4.69, 9.17) is 4.74 Å². The predicted molar refractivity (Wildman–Crippen MR) is 105 cm³/mol. The van der Waals surface area contributed by atoms with E-state index >= 15 is 0 Å². The quantitative estimate of drug-likeness (QED) is 0.569. The molecule has 11 heteroatoms. The summed E-state index contributed by atoms with van der Waals surface area (Å²) in [5.74, 6) is 0. The van der Waals surface area contributed by atoms with E-state index < -0.39 is 10.0 Å².